The third kappa shape index (κ3) is 7.74. The largest absolute Gasteiger partial charge is 0.457 e. The van der Waals surface area contributed by atoms with Crippen molar-refractivity contribution in [3.8, 4) is 0 Å². The van der Waals surface area contributed by atoms with Gasteiger partial charge in [-0.05, 0) is 38.1 Å². The highest BCUT2D eigenvalue weighted by atomic mass is 16.7. The normalized spacial score (nSPS) is 12.6. The molecule has 0 unspecified atom stereocenters. The number of ether oxygens (including phenoxy) is 3. The lowest BCUT2D eigenvalue weighted by atomic mass is 10.4. The van der Waals surface area contributed by atoms with Crippen LogP contribution in [0.5, 0.6) is 0 Å². The van der Waals surface area contributed by atoms with Gasteiger partial charge in [-0.2, -0.15) is 0 Å². The van der Waals surface area contributed by atoms with Crippen LogP contribution in [-0.2, 0) is 14.2 Å². The first-order valence-corrected chi connectivity index (χ1v) is 5.88. The van der Waals surface area contributed by atoms with Gasteiger partial charge in [-0.3, -0.25) is 0 Å². The van der Waals surface area contributed by atoms with E-state index in [1.54, 1.807) is 0 Å². The minimum atomic E-state index is 0.438. The van der Waals surface area contributed by atoms with Crippen LogP contribution in [0.3, 0.4) is 0 Å². The first-order chi connectivity index (χ1) is 8.36. The minimum Gasteiger partial charge on any atom is -0.457 e. The molecule has 2 bridgehead atoms. The maximum atomic E-state index is 5.08. The maximum Gasteiger partial charge on any atom is 0.146 e. The first-order valence-electron chi connectivity index (χ1n) is 5.88. The number of hydrogen-bond acceptors (Lipinski definition) is 4. The van der Waals surface area contributed by atoms with Gasteiger partial charge >= 0.3 is 0 Å². The monoisotopic (exact) mass is 240 g/mol. The summed E-state index contributed by atoms with van der Waals surface area (Å²) < 4.78 is 19.3. The molecule has 17 heavy (non-hydrogen) atoms. The molecular weight excluding hydrogens is 220 g/mol. The van der Waals surface area contributed by atoms with Gasteiger partial charge in [-0.25, -0.2) is 0 Å². The van der Waals surface area contributed by atoms with E-state index < -0.39 is 0 Å². The van der Waals surface area contributed by atoms with Gasteiger partial charge in [0.05, 0.1) is 13.2 Å². The molecule has 1 aliphatic rings. The molecule has 1 aliphatic heterocycles. The molecule has 0 aromatic carbocycles. The molecule has 0 amide bonds. The summed E-state index contributed by atoms with van der Waals surface area (Å²) in [4.78, 5) is 0. The summed E-state index contributed by atoms with van der Waals surface area (Å²) in [6.45, 7) is 7.80. The second-order valence-electron chi connectivity index (χ2n) is 3.29. The summed E-state index contributed by atoms with van der Waals surface area (Å²) in [5, 5.41) is 0. The van der Waals surface area contributed by atoms with Crippen LogP contribution in [0.1, 0.15) is 13.8 Å². The summed E-state index contributed by atoms with van der Waals surface area (Å²) in [5.74, 6) is 0. The third-order valence-electron chi connectivity index (χ3n) is 1.84. The Morgan fingerprint density at radius 3 is 1.53 bits per heavy atom. The third-order valence-corrected chi connectivity index (χ3v) is 1.84. The van der Waals surface area contributed by atoms with Gasteiger partial charge in [-0.1, -0.05) is 0 Å². The zero-order valence-corrected chi connectivity index (χ0v) is 10.5. The summed E-state index contributed by atoms with van der Waals surface area (Å²) in [5.41, 5.74) is 1.94. The molecule has 0 aliphatic carbocycles. The lowest BCUT2D eigenvalue weighted by Gasteiger charge is -1.97. The van der Waals surface area contributed by atoms with Gasteiger partial charge < -0.3 is 18.6 Å². The van der Waals surface area contributed by atoms with E-state index in [-0.39, 0.29) is 0 Å². The molecule has 2 aromatic heterocycles. The molecule has 0 atom stereocenters. The Balaban J connectivity index is 0.000000137. The second-order valence-corrected chi connectivity index (χ2v) is 3.29. The van der Waals surface area contributed by atoms with Crippen molar-refractivity contribution in [3.05, 3.63) is 24.3 Å². The highest BCUT2D eigenvalue weighted by Crippen LogP contribution is 2.13. The molecule has 0 N–H and O–H groups in total. The van der Waals surface area contributed by atoms with E-state index in [9.17, 15) is 0 Å². The average molecular weight is 240 g/mol. The maximum absolute atomic E-state index is 5.08. The van der Waals surface area contributed by atoms with E-state index in [0.29, 0.717) is 6.79 Å². The van der Waals surface area contributed by atoms with Crippen LogP contribution in [0.15, 0.2) is 28.7 Å². The predicted molar refractivity (Wildman–Crippen MR) is 66.3 cm³/mol. The molecule has 1 saturated heterocycles. The Morgan fingerprint density at radius 2 is 1.35 bits per heavy atom. The van der Waals surface area contributed by atoms with Crippen molar-refractivity contribution < 1.29 is 18.6 Å². The summed E-state index contributed by atoms with van der Waals surface area (Å²) >= 11 is 0. The van der Waals surface area contributed by atoms with Crippen LogP contribution in [-0.4, -0.2) is 33.2 Å². The zero-order valence-electron chi connectivity index (χ0n) is 10.5. The van der Waals surface area contributed by atoms with Crippen molar-refractivity contribution in [2.45, 2.75) is 13.8 Å². The number of epoxide rings is 1. The zero-order chi connectivity index (χ0) is 12.3. The van der Waals surface area contributed by atoms with E-state index in [0.717, 1.165) is 37.6 Å². The SMILES string of the molecule is C1CO1.CCOCOCC.c1cc2ccc1o2. The summed E-state index contributed by atoms with van der Waals surface area (Å²) in [6, 6.07) is 7.81. The minimum absolute atomic E-state index is 0.438. The van der Waals surface area contributed by atoms with Crippen molar-refractivity contribution in [1.82, 2.24) is 0 Å². The Morgan fingerprint density at radius 1 is 0.941 bits per heavy atom. The van der Waals surface area contributed by atoms with Crippen LogP contribution < -0.4 is 0 Å². The number of rotatable bonds is 4. The molecule has 4 heteroatoms. The fourth-order valence-corrected chi connectivity index (χ4v) is 0.937. The Kier molecular flexibility index (Phi) is 7.38. The Labute approximate surface area is 102 Å². The van der Waals surface area contributed by atoms with Crippen molar-refractivity contribution in [2.75, 3.05) is 33.2 Å². The van der Waals surface area contributed by atoms with E-state index >= 15 is 0 Å². The molecular formula is C13H20O4. The van der Waals surface area contributed by atoms with E-state index in [1.807, 2.05) is 38.1 Å². The molecule has 0 spiro atoms. The van der Waals surface area contributed by atoms with Gasteiger partial charge in [0.25, 0.3) is 0 Å². The Bertz CT molecular complexity index is 304. The molecule has 3 heterocycles. The molecule has 4 nitrogen and oxygen atoms in total. The van der Waals surface area contributed by atoms with Crippen molar-refractivity contribution in [1.29, 1.82) is 0 Å². The van der Waals surface area contributed by atoms with Crippen molar-refractivity contribution >= 4 is 11.2 Å². The van der Waals surface area contributed by atoms with Gasteiger partial charge in [0.2, 0.25) is 0 Å². The lowest BCUT2D eigenvalue weighted by Crippen LogP contribution is -1.97. The number of fused-ring (bicyclic) bond motifs is 2. The number of furan rings is 2. The van der Waals surface area contributed by atoms with E-state index in [4.69, 9.17) is 13.9 Å². The fraction of sp³-hybridized carbons (Fsp3) is 0.538. The fourth-order valence-electron chi connectivity index (χ4n) is 0.937. The van der Waals surface area contributed by atoms with Gasteiger partial charge in [-0.15, -0.1) is 0 Å². The van der Waals surface area contributed by atoms with Crippen LogP contribution in [0, 0.1) is 0 Å². The molecule has 96 valence electrons. The lowest BCUT2D eigenvalue weighted by molar-refractivity contribution is -0.0445. The van der Waals surface area contributed by atoms with Crippen molar-refractivity contribution in [3.63, 3.8) is 0 Å². The van der Waals surface area contributed by atoms with E-state index in [2.05, 4.69) is 4.74 Å². The van der Waals surface area contributed by atoms with Crippen LogP contribution in [0.25, 0.3) is 11.2 Å². The quantitative estimate of drug-likeness (QED) is 0.468. The van der Waals surface area contributed by atoms with Crippen LogP contribution in [0.4, 0.5) is 0 Å². The molecule has 2 aromatic rings. The standard InChI is InChI=1S/C6H4O.C5H12O2.C2H4O/c1-2-6-4-3-5(1)7-6;1-3-6-5-7-4-2;1-2-3-1/h1-4H;3-5H2,1-2H3;1-2H2. The Hall–Kier alpha value is -1.10. The number of benzene rings is 1. The van der Waals surface area contributed by atoms with Crippen LogP contribution >= 0.6 is 0 Å². The smallest absolute Gasteiger partial charge is 0.146 e. The van der Waals surface area contributed by atoms with Crippen LogP contribution in [0.2, 0.25) is 0 Å². The summed E-state index contributed by atoms with van der Waals surface area (Å²) in [6.07, 6.45) is 0. The predicted octanol–water partition coefficient (Wildman–Crippen LogP) is 2.90. The van der Waals surface area contributed by atoms with E-state index in [1.165, 1.54) is 0 Å². The van der Waals surface area contributed by atoms with Gasteiger partial charge in [0, 0.05) is 13.2 Å². The number of hydrogen-bond donors (Lipinski definition) is 0. The van der Waals surface area contributed by atoms with Gasteiger partial charge in [0.15, 0.2) is 0 Å². The first kappa shape index (κ1) is 14.0. The highest BCUT2D eigenvalue weighted by Gasteiger charge is 1.94. The molecule has 0 radical (unpaired) electrons. The molecule has 3 rings (SSSR count). The van der Waals surface area contributed by atoms with Gasteiger partial charge in [0.1, 0.15) is 18.0 Å². The molecule has 1 fully saturated rings. The summed E-state index contributed by atoms with van der Waals surface area (Å²) in [7, 11) is 0. The second kappa shape index (κ2) is 8.98. The highest BCUT2D eigenvalue weighted by molar-refractivity contribution is 5.59. The van der Waals surface area contributed by atoms with Crippen molar-refractivity contribution in [2.24, 2.45) is 0 Å². The topological polar surface area (TPSA) is 44.1 Å². The average Bonchev–Trinajstić information content (AvgIpc) is 3.09. The molecule has 0 saturated carbocycles.